The van der Waals surface area contributed by atoms with Gasteiger partial charge in [-0.15, -0.1) is 0 Å². The van der Waals surface area contributed by atoms with Crippen LogP contribution >= 0.6 is 12.0 Å². The van der Waals surface area contributed by atoms with E-state index in [1.54, 1.807) is 17.8 Å². The molecule has 1 fully saturated rings. The molecule has 0 radical (unpaired) electrons. The average Bonchev–Trinajstić information content (AvgIpc) is 2.85. The summed E-state index contributed by atoms with van der Waals surface area (Å²) in [6.07, 6.45) is 2.17. The minimum atomic E-state index is -1.24. The second-order valence-electron chi connectivity index (χ2n) is 5.25. The van der Waals surface area contributed by atoms with Gasteiger partial charge in [0, 0.05) is 23.8 Å². The number of nitrogens with zero attached hydrogens (tertiary/aromatic N) is 2. The summed E-state index contributed by atoms with van der Waals surface area (Å²) in [4.78, 5) is 27.5. The van der Waals surface area contributed by atoms with E-state index in [1.807, 2.05) is 0 Å². The van der Waals surface area contributed by atoms with Crippen molar-refractivity contribution in [3.05, 3.63) is 11.9 Å². The largest absolute Gasteiger partial charge is 1.00 e. The quantitative estimate of drug-likeness (QED) is 0.198. The van der Waals surface area contributed by atoms with Crippen molar-refractivity contribution in [1.82, 2.24) is 9.78 Å². The zero-order valence-electron chi connectivity index (χ0n) is 14.2. The molecule has 1 saturated carbocycles. The van der Waals surface area contributed by atoms with Crippen molar-refractivity contribution in [2.45, 2.75) is 37.1 Å². The number of aliphatic carboxylic acids is 2. The smallest absolute Gasteiger partial charge is 0.550 e. The van der Waals surface area contributed by atoms with E-state index in [-0.39, 0.29) is 128 Å². The van der Waals surface area contributed by atoms with Gasteiger partial charge in [-0.3, -0.25) is 4.68 Å². The summed E-state index contributed by atoms with van der Waals surface area (Å²) in [6.45, 7) is 1.80. The summed E-state index contributed by atoms with van der Waals surface area (Å²) in [5.74, 6) is -4.12. The Balaban J connectivity index is 0.00000264. The van der Waals surface area contributed by atoms with Crippen LogP contribution in [0.3, 0.4) is 0 Å². The van der Waals surface area contributed by atoms with Gasteiger partial charge in [-0.1, -0.05) is 0 Å². The number of hydrogen-bond donors (Lipinski definition) is 0. The summed E-state index contributed by atoms with van der Waals surface area (Å²) >= 11 is 0.983. The maximum atomic E-state index is 11.1. The van der Waals surface area contributed by atoms with Crippen LogP contribution in [0.5, 0.6) is 0 Å². The summed E-state index contributed by atoms with van der Waals surface area (Å²) in [7, 11) is 1.38. The first kappa shape index (κ1) is 25.7. The van der Waals surface area contributed by atoms with Crippen molar-refractivity contribution in [2.24, 2.45) is 11.8 Å². The predicted octanol–water partition coefficient (Wildman–Crippen LogP) is -6.76. The van der Waals surface area contributed by atoms with Crippen LogP contribution in [0.1, 0.15) is 31.0 Å². The first-order valence-electron chi connectivity index (χ1n) is 6.77. The molecule has 2 unspecified atom stereocenters. The second kappa shape index (κ2) is 12.2. The van der Waals surface area contributed by atoms with Gasteiger partial charge in [-0.05, 0) is 26.2 Å². The van der Waals surface area contributed by atoms with Crippen molar-refractivity contribution < 1.29 is 132 Å². The Morgan fingerprint density at radius 2 is 1.75 bits per heavy atom. The van der Waals surface area contributed by atoms with E-state index in [1.165, 1.54) is 7.11 Å². The molecule has 122 valence electrons. The van der Waals surface area contributed by atoms with Gasteiger partial charge >= 0.3 is 103 Å². The number of carboxylic acids is 2. The normalized spacial score (nSPS) is 23.0. The number of carbonyl (C=O) groups is 2. The predicted molar refractivity (Wildman–Crippen MR) is 70.8 cm³/mol. The molecule has 0 bridgehead atoms. The van der Waals surface area contributed by atoms with E-state index in [9.17, 15) is 19.8 Å². The third-order valence-corrected chi connectivity index (χ3v) is 4.67. The van der Waals surface area contributed by atoms with Gasteiger partial charge in [0.15, 0.2) is 0 Å². The van der Waals surface area contributed by atoms with Gasteiger partial charge in [0.25, 0.3) is 0 Å². The van der Waals surface area contributed by atoms with Crippen molar-refractivity contribution >= 4 is 24.0 Å². The fraction of sp³-hybridized carbons (Fsp3) is 0.615. The standard InChI is InChI=1S/C13H18N2O6S.2K/c1-7-11(22-21-20-2)6-14-15(7)10-4-8(12(16)17)3-9(5-10)13(18)19;;/h6,8-10H,3-5H2,1-2H3,(H,16,17)(H,18,19);;/q;2*+1/p-2. The van der Waals surface area contributed by atoms with E-state index in [0.717, 1.165) is 17.7 Å². The van der Waals surface area contributed by atoms with Gasteiger partial charge in [0.1, 0.15) is 0 Å². The molecule has 1 heterocycles. The fourth-order valence-electron chi connectivity index (χ4n) is 2.80. The molecule has 0 amide bonds. The summed E-state index contributed by atoms with van der Waals surface area (Å²) < 4.78 is 6.41. The molecule has 24 heavy (non-hydrogen) atoms. The van der Waals surface area contributed by atoms with E-state index in [0.29, 0.717) is 4.90 Å². The summed E-state index contributed by atoms with van der Waals surface area (Å²) in [5.41, 5.74) is 0.753. The molecular formula is C13H16K2N2O6S. The van der Waals surface area contributed by atoms with Gasteiger partial charge < -0.3 is 19.8 Å². The summed E-state index contributed by atoms with van der Waals surface area (Å²) in [6, 6.07) is -0.337. The number of carbonyl (C=O) groups excluding carboxylic acids is 2. The van der Waals surface area contributed by atoms with Crippen LogP contribution in [0.25, 0.3) is 0 Å². The average molecular weight is 407 g/mol. The van der Waals surface area contributed by atoms with Gasteiger partial charge in [-0.25, -0.2) is 4.89 Å². The molecule has 0 aliphatic heterocycles. The van der Waals surface area contributed by atoms with Crippen LogP contribution in [-0.4, -0.2) is 28.8 Å². The minimum absolute atomic E-state index is 0. The molecule has 1 aliphatic rings. The van der Waals surface area contributed by atoms with Gasteiger partial charge in [0.2, 0.25) is 0 Å². The van der Waals surface area contributed by atoms with Crippen LogP contribution < -0.4 is 113 Å². The van der Waals surface area contributed by atoms with Crippen molar-refractivity contribution in [3.8, 4) is 0 Å². The molecule has 0 N–H and O–H groups in total. The van der Waals surface area contributed by atoms with Crippen molar-refractivity contribution in [2.75, 3.05) is 7.11 Å². The van der Waals surface area contributed by atoms with Crippen LogP contribution in [-0.2, 0) is 18.8 Å². The molecule has 1 aromatic heterocycles. The number of rotatable bonds is 6. The third-order valence-electron chi connectivity index (χ3n) is 3.89. The minimum Gasteiger partial charge on any atom is -0.550 e. The first-order chi connectivity index (χ1) is 10.4. The van der Waals surface area contributed by atoms with Crippen LogP contribution in [0.4, 0.5) is 0 Å². The van der Waals surface area contributed by atoms with Crippen LogP contribution in [0.15, 0.2) is 11.1 Å². The Morgan fingerprint density at radius 3 is 2.21 bits per heavy atom. The number of carboxylic acid groups (broad SMARTS) is 2. The Hall–Kier alpha value is 1.69. The van der Waals surface area contributed by atoms with Crippen LogP contribution in [0.2, 0.25) is 0 Å². The zero-order valence-corrected chi connectivity index (χ0v) is 21.2. The molecule has 0 spiro atoms. The number of aromatic nitrogens is 2. The second-order valence-corrected chi connectivity index (χ2v) is 5.99. The number of hydrogen-bond acceptors (Lipinski definition) is 8. The fourth-order valence-corrected chi connectivity index (χ4v) is 3.25. The maximum Gasteiger partial charge on any atom is 1.00 e. The van der Waals surface area contributed by atoms with Gasteiger partial charge in [-0.2, -0.15) is 9.43 Å². The SMILES string of the molecule is COOSc1cnn(C2CC(C(=O)[O-])CC(C(=O)[O-])C2)c1C.[K+].[K+]. The van der Waals surface area contributed by atoms with Gasteiger partial charge in [0.05, 0.1) is 42.0 Å². The molecule has 11 heteroatoms. The Bertz CT molecular complexity index is 549. The molecule has 0 aromatic carbocycles. The Kier molecular flexibility index (Phi) is 13.1. The maximum absolute atomic E-state index is 11.1. The molecule has 2 rings (SSSR count). The Morgan fingerprint density at radius 1 is 1.21 bits per heavy atom. The van der Waals surface area contributed by atoms with E-state index >= 15 is 0 Å². The van der Waals surface area contributed by atoms with E-state index in [2.05, 4.69) is 9.99 Å². The first-order valence-corrected chi connectivity index (χ1v) is 7.51. The van der Waals surface area contributed by atoms with Crippen molar-refractivity contribution in [1.29, 1.82) is 0 Å². The monoisotopic (exact) mass is 406 g/mol. The van der Waals surface area contributed by atoms with Crippen molar-refractivity contribution in [3.63, 3.8) is 0 Å². The molecule has 1 aliphatic carbocycles. The van der Waals surface area contributed by atoms with E-state index < -0.39 is 23.8 Å². The summed E-state index contributed by atoms with van der Waals surface area (Å²) in [5, 5.41) is 26.5. The molecule has 8 nitrogen and oxygen atoms in total. The molecule has 2 atom stereocenters. The molecule has 1 aromatic rings. The zero-order chi connectivity index (χ0) is 16.3. The Labute approximate surface area is 229 Å². The van der Waals surface area contributed by atoms with Crippen LogP contribution in [0, 0.1) is 18.8 Å². The molecule has 0 saturated heterocycles. The van der Waals surface area contributed by atoms with E-state index in [4.69, 9.17) is 4.33 Å². The molecular weight excluding hydrogens is 390 g/mol. The third kappa shape index (κ3) is 6.69. The topological polar surface area (TPSA) is 117 Å².